The summed E-state index contributed by atoms with van der Waals surface area (Å²) in [5.41, 5.74) is 5.50. The summed E-state index contributed by atoms with van der Waals surface area (Å²) >= 11 is 17.7. The molecule has 25 heavy (non-hydrogen) atoms. The Labute approximate surface area is 161 Å². The number of aromatic nitrogens is 1. The van der Waals surface area contributed by atoms with E-state index in [1.807, 2.05) is 0 Å². The topological polar surface area (TPSA) is 95.6 Å². The highest BCUT2D eigenvalue weighted by Gasteiger charge is 2.30. The number of rotatable bonds is 5. The van der Waals surface area contributed by atoms with Gasteiger partial charge in [-0.1, -0.05) is 42.5 Å². The van der Waals surface area contributed by atoms with E-state index in [0.29, 0.717) is 12.5 Å². The number of carbonyl (C=O) groups excluding carboxylic acids is 2. The molecule has 0 aromatic carbocycles. The van der Waals surface area contributed by atoms with Crippen LogP contribution in [0.5, 0.6) is 0 Å². The van der Waals surface area contributed by atoms with Crippen molar-refractivity contribution < 1.29 is 19.3 Å². The predicted molar refractivity (Wildman–Crippen MR) is 96.9 cm³/mol. The maximum atomic E-state index is 12.2. The second-order valence-corrected chi connectivity index (χ2v) is 7.29. The average molecular weight is 410 g/mol. The summed E-state index contributed by atoms with van der Waals surface area (Å²) in [6.07, 6.45) is 4.89. The molecule has 1 aliphatic carbocycles. The fraction of sp³-hybridized carbons (Fsp3) is 0.562. The summed E-state index contributed by atoms with van der Waals surface area (Å²) in [6.45, 7) is 2.08. The summed E-state index contributed by atoms with van der Waals surface area (Å²) in [5, 5.41) is 2.70. The molecule has 0 aliphatic heterocycles. The number of nitrogen functional groups attached to an aromatic ring is 1. The molecule has 0 spiro atoms. The number of carbonyl (C=O) groups is 2. The van der Waals surface area contributed by atoms with Gasteiger partial charge in [-0.3, -0.25) is 4.79 Å². The molecule has 1 fully saturated rings. The van der Waals surface area contributed by atoms with Crippen molar-refractivity contribution in [1.82, 2.24) is 5.32 Å². The lowest BCUT2D eigenvalue weighted by Gasteiger charge is -2.22. The zero-order valence-corrected chi connectivity index (χ0v) is 16.1. The largest absolute Gasteiger partial charge is 0.445 e. The molecule has 1 aromatic heterocycles. The predicted octanol–water partition coefficient (Wildman–Crippen LogP) is 3.28. The van der Waals surface area contributed by atoms with Crippen LogP contribution in [0.3, 0.4) is 0 Å². The van der Waals surface area contributed by atoms with Crippen molar-refractivity contribution in [1.29, 1.82) is 0 Å². The van der Waals surface area contributed by atoms with Crippen molar-refractivity contribution in [3.63, 3.8) is 0 Å². The third-order valence-electron chi connectivity index (χ3n) is 4.27. The molecule has 0 unspecified atom stereocenters. The van der Waals surface area contributed by atoms with Crippen molar-refractivity contribution in [2.45, 2.75) is 45.1 Å². The Kier molecular flexibility index (Phi) is 7.16. The second-order valence-electron chi connectivity index (χ2n) is 6.15. The van der Waals surface area contributed by atoms with E-state index in [4.69, 9.17) is 45.3 Å². The van der Waals surface area contributed by atoms with Crippen LogP contribution in [-0.4, -0.2) is 24.5 Å². The van der Waals surface area contributed by atoms with E-state index in [2.05, 4.69) is 10.3 Å². The Balaban J connectivity index is 1.94. The van der Waals surface area contributed by atoms with Crippen molar-refractivity contribution >= 4 is 52.4 Å². The smallest absolute Gasteiger partial charge is 0.406 e. The maximum Gasteiger partial charge on any atom is 0.406 e. The first kappa shape index (κ1) is 20.1. The molecule has 0 radical (unpaired) electrons. The Bertz CT molecular complexity index is 664. The lowest BCUT2D eigenvalue weighted by Crippen LogP contribution is -2.39. The normalized spacial score (nSPS) is 16.3. The van der Waals surface area contributed by atoms with E-state index in [-0.39, 0.29) is 32.5 Å². The minimum atomic E-state index is -0.976. The number of ether oxygens (including phenoxy) is 1. The number of H-pyrrole nitrogens is 1. The fourth-order valence-corrected chi connectivity index (χ4v) is 3.37. The number of amides is 1. The third kappa shape index (κ3) is 5.12. The number of nitrogens with one attached hydrogen (secondary N) is 2. The van der Waals surface area contributed by atoms with E-state index in [0.717, 1.165) is 12.8 Å². The molecule has 1 aromatic rings. The quantitative estimate of drug-likeness (QED) is 0.576. The number of nitrogens with two attached hydrogens (primary N) is 1. The van der Waals surface area contributed by atoms with Crippen LogP contribution in [0.4, 0.5) is 5.69 Å². The van der Waals surface area contributed by atoms with Crippen LogP contribution in [0.25, 0.3) is 0 Å². The number of halogens is 3. The molecule has 1 amide bonds. The van der Waals surface area contributed by atoms with Gasteiger partial charge in [0.2, 0.25) is 0 Å². The summed E-state index contributed by atoms with van der Waals surface area (Å²) in [7, 11) is 0. The van der Waals surface area contributed by atoms with Gasteiger partial charge in [0, 0.05) is 6.54 Å². The number of pyridine rings is 1. The monoisotopic (exact) mass is 408 g/mol. The van der Waals surface area contributed by atoms with Gasteiger partial charge in [-0.2, -0.15) is 4.98 Å². The van der Waals surface area contributed by atoms with Crippen LogP contribution in [0.2, 0.25) is 15.2 Å². The molecular formula is C16H21Cl3N3O3+. The summed E-state index contributed by atoms with van der Waals surface area (Å²) < 4.78 is 5.14. The van der Waals surface area contributed by atoms with Gasteiger partial charge >= 0.3 is 11.7 Å². The molecule has 138 valence electrons. The van der Waals surface area contributed by atoms with Gasteiger partial charge in [0.15, 0.2) is 6.10 Å². The SMILES string of the molecule is C[C@@H](OC(=O)c1[nH+]c(Cl)c(Cl)c(N)c1Cl)C(=O)NCC1CCCCC1. The molecular weight excluding hydrogens is 389 g/mol. The van der Waals surface area contributed by atoms with E-state index < -0.39 is 12.1 Å². The molecule has 1 heterocycles. The van der Waals surface area contributed by atoms with Crippen molar-refractivity contribution in [2.75, 3.05) is 12.3 Å². The molecule has 1 saturated carbocycles. The Morgan fingerprint density at radius 3 is 2.52 bits per heavy atom. The number of aromatic amines is 1. The zero-order valence-electron chi connectivity index (χ0n) is 13.8. The Morgan fingerprint density at radius 2 is 1.88 bits per heavy atom. The highest BCUT2D eigenvalue weighted by Crippen LogP contribution is 2.32. The van der Waals surface area contributed by atoms with E-state index in [1.54, 1.807) is 0 Å². The van der Waals surface area contributed by atoms with Crippen molar-refractivity contribution in [2.24, 2.45) is 5.92 Å². The molecule has 9 heteroatoms. The molecule has 0 saturated heterocycles. The highest BCUT2D eigenvalue weighted by molar-refractivity contribution is 6.45. The van der Waals surface area contributed by atoms with Crippen LogP contribution in [0.15, 0.2) is 0 Å². The zero-order chi connectivity index (χ0) is 18.6. The third-order valence-corrected chi connectivity index (χ3v) is 5.43. The number of anilines is 1. The van der Waals surface area contributed by atoms with Gasteiger partial charge in [-0.05, 0) is 37.3 Å². The minimum Gasteiger partial charge on any atom is -0.445 e. The van der Waals surface area contributed by atoms with Crippen LogP contribution in [0, 0.1) is 5.92 Å². The lowest BCUT2D eigenvalue weighted by atomic mass is 9.89. The van der Waals surface area contributed by atoms with Crippen LogP contribution in [0.1, 0.15) is 49.5 Å². The molecule has 0 bridgehead atoms. The van der Waals surface area contributed by atoms with Gasteiger partial charge in [0.05, 0.1) is 5.69 Å². The standard InChI is InChI=1S/C16H20Cl3N3O3/c1-8(15(23)21-7-9-5-3-2-4-6-9)25-16(24)13-10(17)12(20)11(18)14(19)22-13/h8-9H,2-7H2,1H3,(H2,20,22)(H,21,23)/p+1/t8-/m1/s1. The first-order valence-corrected chi connectivity index (χ1v) is 9.28. The summed E-state index contributed by atoms with van der Waals surface area (Å²) in [4.78, 5) is 26.9. The van der Waals surface area contributed by atoms with E-state index in [9.17, 15) is 9.59 Å². The first-order chi connectivity index (χ1) is 11.8. The fourth-order valence-electron chi connectivity index (χ4n) is 2.76. The average Bonchev–Trinajstić information content (AvgIpc) is 2.61. The molecule has 6 nitrogen and oxygen atoms in total. The Hall–Kier alpha value is -1.24. The number of hydrogen-bond donors (Lipinski definition) is 2. The molecule has 1 atom stereocenters. The van der Waals surface area contributed by atoms with E-state index in [1.165, 1.54) is 26.2 Å². The first-order valence-electron chi connectivity index (χ1n) is 8.15. The second kappa shape index (κ2) is 8.92. The van der Waals surface area contributed by atoms with Gasteiger partial charge in [0.25, 0.3) is 11.1 Å². The van der Waals surface area contributed by atoms with Crippen molar-refractivity contribution in [3.05, 3.63) is 20.9 Å². The van der Waals surface area contributed by atoms with Crippen molar-refractivity contribution in [3.8, 4) is 0 Å². The summed E-state index contributed by atoms with van der Waals surface area (Å²) in [6, 6.07) is 0. The van der Waals surface area contributed by atoms with Crippen LogP contribution < -0.4 is 16.0 Å². The van der Waals surface area contributed by atoms with Crippen LogP contribution >= 0.6 is 34.8 Å². The molecule has 1 aliphatic rings. The molecule has 2 rings (SSSR count). The van der Waals surface area contributed by atoms with Gasteiger partial charge in [-0.25, -0.2) is 4.79 Å². The lowest BCUT2D eigenvalue weighted by molar-refractivity contribution is -0.380. The minimum absolute atomic E-state index is 0.0153. The molecule has 4 N–H and O–H groups in total. The van der Waals surface area contributed by atoms with Crippen LogP contribution in [-0.2, 0) is 9.53 Å². The van der Waals surface area contributed by atoms with Gasteiger partial charge < -0.3 is 15.8 Å². The number of hydrogen-bond acceptors (Lipinski definition) is 4. The summed E-state index contributed by atoms with van der Waals surface area (Å²) in [5.74, 6) is -0.711. The van der Waals surface area contributed by atoms with E-state index >= 15 is 0 Å². The highest BCUT2D eigenvalue weighted by atomic mass is 35.5. The van der Waals surface area contributed by atoms with Gasteiger partial charge in [-0.15, -0.1) is 0 Å². The number of esters is 1. The Morgan fingerprint density at radius 1 is 1.24 bits per heavy atom. The maximum absolute atomic E-state index is 12.2. The van der Waals surface area contributed by atoms with Gasteiger partial charge in [0.1, 0.15) is 10.0 Å².